The minimum atomic E-state index is 0.323. The van der Waals surface area contributed by atoms with Crippen molar-refractivity contribution >= 4 is 12.0 Å². The molecule has 1 fully saturated rings. The summed E-state index contributed by atoms with van der Waals surface area (Å²) in [7, 11) is 0. The molecule has 0 saturated heterocycles. The number of aliphatic imine (C=N–C) groups is 1. The van der Waals surface area contributed by atoms with Crippen LogP contribution in [0.1, 0.15) is 63.5 Å². The first kappa shape index (κ1) is 15.9. The molecule has 0 atom stereocenters. The minimum absolute atomic E-state index is 0.323. The lowest BCUT2D eigenvalue weighted by Crippen LogP contribution is -2.11. The first-order valence-electron chi connectivity index (χ1n) is 8.28. The van der Waals surface area contributed by atoms with Crippen LogP contribution in [0.5, 0.6) is 0 Å². The Bertz CT molecular complexity index is 484. The van der Waals surface area contributed by atoms with Crippen LogP contribution >= 0.6 is 0 Å². The van der Waals surface area contributed by atoms with Gasteiger partial charge in [-0.2, -0.15) is 0 Å². The van der Waals surface area contributed by atoms with Crippen LogP contribution in [0, 0.1) is 5.92 Å². The number of hydrogen-bond donors (Lipinski definition) is 0. The Kier molecular flexibility index (Phi) is 6.16. The fraction of sp³-hybridized carbons (Fsp3) is 0.579. The van der Waals surface area contributed by atoms with Crippen molar-refractivity contribution in [2.75, 3.05) is 0 Å². The zero-order chi connectivity index (χ0) is 15.1. The summed E-state index contributed by atoms with van der Waals surface area (Å²) in [6.45, 7) is 4.18. The van der Waals surface area contributed by atoms with E-state index in [0.717, 1.165) is 11.1 Å². The largest absolute Gasteiger partial charge is 0.299 e. The Balaban J connectivity index is 2.02. The first-order chi connectivity index (χ1) is 10.1. The number of nitrogens with zero attached hydrogens (tertiary/aromatic N) is 1. The van der Waals surface area contributed by atoms with Crippen LogP contribution in [-0.2, 0) is 11.2 Å². The molecule has 2 nitrogen and oxygen atoms in total. The number of carbonyl (C=O) groups excluding carboxylic acids is 1. The van der Waals surface area contributed by atoms with Gasteiger partial charge in [0, 0.05) is 25.1 Å². The highest BCUT2D eigenvalue weighted by atomic mass is 16.1. The second-order valence-electron chi connectivity index (χ2n) is 6.58. The quantitative estimate of drug-likeness (QED) is 0.703. The second kappa shape index (κ2) is 8.11. The molecule has 0 radical (unpaired) electrons. The first-order valence-corrected chi connectivity index (χ1v) is 8.28. The molecular formula is C19H27NO. The zero-order valence-corrected chi connectivity index (χ0v) is 13.3. The van der Waals surface area contributed by atoms with E-state index in [4.69, 9.17) is 4.99 Å². The number of benzene rings is 1. The number of rotatable bonds is 6. The molecule has 0 aliphatic heterocycles. The Morgan fingerprint density at radius 3 is 2.67 bits per heavy atom. The summed E-state index contributed by atoms with van der Waals surface area (Å²) in [6.07, 6.45) is 9.57. The van der Waals surface area contributed by atoms with Gasteiger partial charge in [0.1, 0.15) is 5.78 Å². The molecule has 2 rings (SSSR count). The van der Waals surface area contributed by atoms with Crippen molar-refractivity contribution in [1.29, 1.82) is 0 Å². The predicted molar refractivity (Wildman–Crippen MR) is 89.1 cm³/mol. The lowest BCUT2D eigenvalue weighted by Gasteiger charge is -2.17. The number of Topliss-reactive ketones (excluding diaryl/α,β-unsaturated/α-hetero) is 1. The van der Waals surface area contributed by atoms with Crippen molar-refractivity contribution in [3.63, 3.8) is 0 Å². The summed E-state index contributed by atoms with van der Waals surface area (Å²) in [4.78, 5) is 16.8. The van der Waals surface area contributed by atoms with Gasteiger partial charge in [0.2, 0.25) is 0 Å². The molecule has 1 aliphatic rings. The van der Waals surface area contributed by atoms with E-state index >= 15 is 0 Å². The Labute approximate surface area is 128 Å². The molecule has 21 heavy (non-hydrogen) atoms. The third kappa shape index (κ3) is 5.45. The van der Waals surface area contributed by atoms with Gasteiger partial charge >= 0.3 is 0 Å². The van der Waals surface area contributed by atoms with E-state index in [-0.39, 0.29) is 0 Å². The van der Waals surface area contributed by atoms with Gasteiger partial charge in [0.15, 0.2) is 0 Å². The fourth-order valence-corrected chi connectivity index (χ4v) is 2.98. The van der Waals surface area contributed by atoms with Gasteiger partial charge in [-0.25, -0.2) is 0 Å². The van der Waals surface area contributed by atoms with Crippen LogP contribution in [0.15, 0.2) is 29.3 Å². The summed E-state index contributed by atoms with van der Waals surface area (Å²) in [5.41, 5.74) is 2.22. The van der Waals surface area contributed by atoms with Gasteiger partial charge in [-0.3, -0.25) is 9.79 Å². The van der Waals surface area contributed by atoms with Crippen LogP contribution < -0.4 is 0 Å². The lowest BCUT2D eigenvalue weighted by molar-refractivity contribution is -0.119. The van der Waals surface area contributed by atoms with Crippen LogP contribution in [0.3, 0.4) is 0 Å². The molecule has 114 valence electrons. The third-order valence-corrected chi connectivity index (χ3v) is 4.08. The van der Waals surface area contributed by atoms with Crippen LogP contribution in [0.2, 0.25) is 0 Å². The maximum atomic E-state index is 12.0. The standard InChI is InChI=1S/C19H27NO/c1-15(2)12-19(21)13-16-8-6-7-9-17(16)14-20-18-10-4-3-5-11-18/h6-9,14-15,18H,3-5,10-13H2,1-2H3. The molecule has 0 unspecified atom stereocenters. The Hall–Kier alpha value is -1.44. The van der Waals surface area contributed by atoms with E-state index in [2.05, 4.69) is 26.0 Å². The third-order valence-electron chi connectivity index (χ3n) is 4.08. The van der Waals surface area contributed by atoms with Crippen molar-refractivity contribution in [3.8, 4) is 0 Å². The predicted octanol–water partition coefficient (Wildman–Crippen LogP) is 4.60. The molecule has 1 aromatic rings. The number of hydrogen-bond acceptors (Lipinski definition) is 2. The minimum Gasteiger partial charge on any atom is -0.299 e. The highest BCUT2D eigenvalue weighted by molar-refractivity contribution is 5.87. The highest BCUT2D eigenvalue weighted by Gasteiger charge is 2.12. The summed E-state index contributed by atoms with van der Waals surface area (Å²) in [5, 5.41) is 0. The second-order valence-corrected chi connectivity index (χ2v) is 6.58. The van der Waals surface area contributed by atoms with Crippen molar-refractivity contribution in [1.82, 2.24) is 0 Å². The molecule has 1 saturated carbocycles. The molecule has 1 aromatic carbocycles. The fourth-order valence-electron chi connectivity index (χ4n) is 2.98. The average molecular weight is 285 g/mol. The summed E-state index contributed by atoms with van der Waals surface area (Å²) in [5.74, 6) is 0.754. The van der Waals surface area contributed by atoms with E-state index in [9.17, 15) is 4.79 Å². The molecule has 1 aliphatic carbocycles. The van der Waals surface area contributed by atoms with Gasteiger partial charge in [-0.05, 0) is 29.9 Å². The zero-order valence-electron chi connectivity index (χ0n) is 13.3. The molecular weight excluding hydrogens is 258 g/mol. The monoisotopic (exact) mass is 285 g/mol. The van der Waals surface area contributed by atoms with Crippen LogP contribution in [-0.4, -0.2) is 18.0 Å². The Morgan fingerprint density at radius 2 is 1.95 bits per heavy atom. The maximum absolute atomic E-state index is 12.0. The van der Waals surface area contributed by atoms with Crippen molar-refractivity contribution in [2.45, 2.75) is 64.8 Å². The Morgan fingerprint density at radius 1 is 1.24 bits per heavy atom. The average Bonchev–Trinajstić information content (AvgIpc) is 2.46. The van der Waals surface area contributed by atoms with E-state index < -0.39 is 0 Å². The lowest BCUT2D eigenvalue weighted by atomic mass is 9.95. The van der Waals surface area contributed by atoms with E-state index in [1.807, 2.05) is 18.3 Å². The van der Waals surface area contributed by atoms with Crippen LogP contribution in [0.25, 0.3) is 0 Å². The van der Waals surface area contributed by atoms with Gasteiger partial charge in [0.25, 0.3) is 0 Å². The summed E-state index contributed by atoms with van der Waals surface area (Å²) in [6, 6.07) is 8.65. The maximum Gasteiger partial charge on any atom is 0.137 e. The number of carbonyl (C=O) groups is 1. The molecule has 0 amide bonds. The topological polar surface area (TPSA) is 29.4 Å². The van der Waals surface area contributed by atoms with Crippen molar-refractivity contribution in [2.24, 2.45) is 10.9 Å². The summed E-state index contributed by atoms with van der Waals surface area (Å²) < 4.78 is 0. The normalized spacial score (nSPS) is 16.7. The SMILES string of the molecule is CC(C)CC(=O)Cc1ccccc1C=NC1CCCCC1. The molecule has 0 spiro atoms. The van der Waals surface area contributed by atoms with E-state index in [1.54, 1.807) is 0 Å². The van der Waals surface area contributed by atoms with Gasteiger partial charge in [-0.15, -0.1) is 0 Å². The van der Waals surface area contributed by atoms with Crippen molar-refractivity contribution in [3.05, 3.63) is 35.4 Å². The summed E-state index contributed by atoms with van der Waals surface area (Å²) >= 11 is 0. The van der Waals surface area contributed by atoms with Gasteiger partial charge < -0.3 is 0 Å². The van der Waals surface area contributed by atoms with E-state index in [1.165, 1.54) is 32.1 Å². The van der Waals surface area contributed by atoms with Gasteiger partial charge in [-0.1, -0.05) is 57.4 Å². The highest BCUT2D eigenvalue weighted by Crippen LogP contribution is 2.20. The van der Waals surface area contributed by atoms with Crippen LogP contribution in [0.4, 0.5) is 0 Å². The van der Waals surface area contributed by atoms with Crippen molar-refractivity contribution < 1.29 is 4.79 Å². The van der Waals surface area contributed by atoms with Gasteiger partial charge in [0.05, 0.1) is 0 Å². The molecule has 0 bridgehead atoms. The molecule has 0 aromatic heterocycles. The molecule has 0 N–H and O–H groups in total. The smallest absolute Gasteiger partial charge is 0.137 e. The number of ketones is 1. The molecule has 2 heteroatoms. The van der Waals surface area contributed by atoms with E-state index in [0.29, 0.717) is 30.6 Å². The molecule has 0 heterocycles.